The number of nitrogens with zero attached hydrogens (tertiary/aromatic N) is 2. The second-order valence-corrected chi connectivity index (χ2v) is 4.71. The van der Waals surface area contributed by atoms with Gasteiger partial charge in [0.15, 0.2) is 6.61 Å². The Morgan fingerprint density at radius 2 is 2.25 bits per heavy atom. The molecule has 1 aromatic rings. The van der Waals surface area contributed by atoms with Crippen LogP contribution in [0.2, 0.25) is 0 Å². The molecule has 1 saturated heterocycles. The lowest BCUT2D eigenvalue weighted by Crippen LogP contribution is -2.32. The summed E-state index contributed by atoms with van der Waals surface area (Å²) in [5.41, 5.74) is 0.790. The van der Waals surface area contributed by atoms with Crippen molar-refractivity contribution in [2.24, 2.45) is 0 Å². The average molecular weight is 277 g/mol. The van der Waals surface area contributed by atoms with Crippen LogP contribution in [0.3, 0.4) is 0 Å². The van der Waals surface area contributed by atoms with Crippen molar-refractivity contribution in [3.63, 3.8) is 0 Å². The molecule has 3 rings (SSSR count). The van der Waals surface area contributed by atoms with E-state index < -0.39 is 0 Å². The minimum atomic E-state index is -0.255. The maximum absolute atomic E-state index is 12.3. The maximum atomic E-state index is 12.3. The van der Waals surface area contributed by atoms with Crippen molar-refractivity contribution >= 4 is 17.5 Å². The van der Waals surface area contributed by atoms with Gasteiger partial charge in [-0.25, -0.2) is 10.0 Å². The van der Waals surface area contributed by atoms with Gasteiger partial charge >= 0.3 is 0 Å². The van der Waals surface area contributed by atoms with Crippen LogP contribution in [0.5, 0.6) is 5.88 Å². The SMILES string of the molecule is O=C1COc2ncc(C(=O)N3CCCCCO3)cc2N1. The fourth-order valence-corrected chi connectivity index (χ4v) is 2.17. The zero-order valence-electron chi connectivity index (χ0n) is 10.9. The highest BCUT2D eigenvalue weighted by Crippen LogP contribution is 2.26. The number of pyridine rings is 1. The molecule has 2 aliphatic rings. The summed E-state index contributed by atoms with van der Waals surface area (Å²) in [7, 11) is 0. The van der Waals surface area contributed by atoms with Crippen molar-refractivity contribution in [1.82, 2.24) is 10.0 Å². The summed E-state index contributed by atoms with van der Waals surface area (Å²) in [4.78, 5) is 33.1. The highest BCUT2D eigenvalue weighted by atomic mass is 16.7. The Bertz CT molecular complexity index is 538. The van der Waals surface area contributed by atoms with Crippen molar-refractivity contribution in [1.29, 1.82) is 0 Å². The largest absolute Gasteiger partial charge is 0.466 e. The summed E-state index contributed by atoms with van der Waals surface area (Å²) in [6.45, 7) is 1.06. The highest BCUT2D eigenvalue weighted by Gasteiger charge is 2.23. The van der Waals surface area contributed by atoms with Crippen LogP contribution < -0.4 is 10.1 Å². The number of nitrogens with one attached hydrogen (secondary N) is 1. The van der Waals surface area contributed by atoms with Crippen LogP contribution in [0.1, 0.15) is 29.6 Å². The maximum Gasteiger partial charge on any atom is 0.279 e. The van der Waals surface area contributed by atoms with E-state index in [1.165, 1.54) is 11.3 Å². The van der Waals surface area contributed by atoms with Crippen LogP contribution in [-0.2, 0) is 9.63 Å². The molecule has 106 valence electrons. The first kappa shape index (κ1) is 12.9. The van der Waals surface area contributed by atoms with Crippen molar-refractivity contribution < 1.29 is 19.2 Å². The minimum absolute atomic E-state index is 0.0530. The van der Waals surface area contributed by atoms with Gasteiger partial charge in [-0.05, 0) is 25.3 Å². The van der Waals surface area contributed by atoms with Crippen LogP contribution in [0.15, 0.2) is 12.3 Å². The van der Waals surface area contributed by atoms with Gasteiger partial charge < -0.3 is 10.1 Å². The first-order valence-corrected chi connectivity index (χ1v) is 6.61. The Balaban J connectivity index is 1.81. The third kappa shape index (κ3) is 2.57. The number of amides is 2. The normalized spacial score (nSPS) is 18.6. The fourth-order valence-electron chi connectivity index (χ4n) is 2.17. The van der Waals surface area contributed by atoms with Gasteiger partial charge in [0.2, 0.25) is 5.88 Å². The molecule has 1 N–H and O–H groups in total. The van der Waals surface area contributed by atoms with Gasteiger partial charge in [-0.3, -0.25) is 14.4 Å². The van der Waals surface area contributed by atoms with Gasteiger partial charge in [0, 0.05) is 12.7 Å². The molecule has 0 radical (unpaired) electrons. The van der Waals surface area contributed by atoms with E-state index in [1.807, 2.05) is 0 Å². The van der Waals surface area contributed by atoms with Gasteiger partial charge in [-0.1, -0.05) is 0 Å². The van der Waals surface area contributed by atoms with Gasteiger partial charge in [0.05, 0.1) is 12.2 Å². The van der Waals surface area contributed by atoms with E-state index >= 15 is 0 Å². The Kier molecular flexibility index (Phi) is 3.51. The predicted octanol–water partition coefficient (Wildman–Crippen LogP) is 0.970. The smallest absolute Gasteiger partial charge is 0.279 e. The molecule has 0 unspecified atom stereocenters. The molecule has 7 heteroatoms. The van der Waals surface area contributed by atoms with Crippen LogP contribution in [0.25, 0.3) is 0 Å². The summed E-state index contributed by atoms with van der Waals surface area (Å²) >= 11 is 0. The monoisotopic (exact) mass is 277 g/mol. The standard InChI is InChI=1S/C13H15N3O4/c17-11-8-19-12-10(15-11)6-9(7-14-12)13(18)16-4-2-1-3-5-20-16/h6-7H,1-5,8H2,(H,15,17). The van der Waals surface area contributed by atoms with Gasteiger partial charge in [0.1, 0.15) is 5.69 Å². The number of fused-ring (bicyclic) bond motifs is 1. The Labute approximate surface area is 115 Å². The zero-order valence-corrected chi connectivity index (χ0v) is 10.9. The predicted molar refractivity (Wildman–Crippen MR) is 69.2 cm³/mol. The van der Waals surface area contributed by atoms with E-state index in [-0.39, 0.29) is 18.4 Å². The number of carbonyl (C=O) groups is 2. The lowest BCUT2D eigenvalue weighted by molar-refractivity contribution is -0.118. The molecule has 20 heavy (non-hydrogen) atoms. The topological polar surface area (TPSA) is 80.8 Å². The Hall–Kier alpha value is -2.15. The summed E-state index contributed by atoms with van der Waals surface area (Å²) in [6.07, 6.45) is 4.36. The molecule has 0 saturated carbocycles. The van der Waals surface area contributed by atoms with E-state index in [2.05, 4.69) is 10.3 Å². The molecule has 2 amide bonds. The molecule has 1 fully saturated rings. The summed E-state index contributed by atoms with van der Waals surface area (Å²) < 4.78 is 5.16. The lowest BCUT2D eigenvalue weighted by Gasteiger charge is -2.21. The number of carbonyl (C=O) groups excluding carboxylic acids is 2. The van der Waals surface area contributed by atoms with Gasteiger partial charge in [-0.2, -0.15) is 0 Å². The van der Waals surface area contributed by atoms with E-state index in [1.54, 1.807) is 6.07 Å². The van der Waals surface area contributed by atoms with Crippen LogP contribution >= 0.6 is 0 Å². The summed E-state index contributed by atoms with van der Waals surface area (Å²) in [5, 5.41) is 4.00. The van der Waals surface area contributed by atoms with Crippen LogP contribution in [0.4, 0.5) is 5.69 Å². The molecular weight excluding hydrogens is 262 g/mol. The number of ether oxygens (including phenoxy) is 1. The molecule has 7 nitrogen and oxygen atoms in total. The van der Waals surface area contributed by atoms with E-state index in [0.29, 0.717) is 30.3 Å². The molecule has 0 aromatic carbocycles. The Morgan fingerprint density at radius 3 is 3.15 bits per heavy atom. The molecule has 0 bridgehead atoms. The lowest BCUT2D eigenvalue weighted by atomic mass is 10.2. The molecule has 3 heterocycles. The fraction of sp³-hybridized carbons (Fsp3) is 0.462. The number of anilines is 1. The molecule has 0 atom stereocenters. The average Bonchev–Trinajstić information content (AvgIpc) is 2.74. The van der Waals surface area contributed by atoms with Gasteiger partial charge in [-0.15, -0.1) is 0 Å². The quantitative estimate of drug-likeness (QED) is 0.827. The third-order valence-corrected chi connectivity index (χ3v) is 3.19. The van der Waals surface area contributed by atoms with E-state index in [0.717, 1.165) is 19.3 Å². The first-order valence-electron chi connectivity index (χ1n) is 6.61. The zero-order chi connectivity index (χ0) is 13.9. The van der Waals surface area contributed by atoms with Crippen molar-refractivity contribution in [2.45, 2.75) is 19.3 Å². The number of rotatable bonds is 1. The summed E-state index contributed by atoms with van der Waals surface area (Å²) in [6, 6.07) is 1.57. The first-order chi connectivity index (χ1) is 9.74. The second kappa shape index (κ2) is 5.46. The molecule has 0 aliphatic carbocycles. The van der Waals surface area contributed by atoms with Gasteiger partial charge in [0.25, 0.3) is 11.8 Å². The number of hydrogen-bond donors (Lipinski definition) is 1. The number of aromatic nitrogens is 1. The highest BCUT2D eigenvalue weighted by molar-refractivity contribution is 5.98. The molecule has 2 aliphatic heterocycles. The molecule has 0 spiro atoms. The van der Waals surface area contributed by atoms with Crippen LogP contribution in [0, 0.1) is 0 Å². The van der Waals surface area contributed by atoms with E-state index in [9.17, 15) is 9.59 Å². The number of hydroxylamine groups is 2. The van der Waals surface area contributed by atoms with Crippen molar-refractivity contribution in [3.05, 3.63) is 17.8 Å². The number of hydrogen-bond acceptors (Lipinski definition) is 5. The minimum Gasteiger partial charge on any atom is -0.466 e. The van der Waals surface area contributed by atoms with Crippen molar-refractivity contribution in [2.75, 3.05) is 25.1 Å². The molecular formula is C13H15N3O4. The Morgan fingerprint density at radius 1 is 1.35 bits per heavy atom. The van der Waals surface area contributed by atoms with Crippen molar-refractivity contribution in [3.8, 4) is 5.88 Å². The second-order valence-electron chi connectivity index (χ2n) is 4.71. The van der Waals surface area contributed by atoms with Crippen LogP contribution in [-0.4, -0.2) is 41.6 Å². The van der Waals surface area contributed by atoms with E-state index in [4.69, 9.17) is 9.57 Å². The summed E-state index contributed by atoms with van der Waals surface area (Å²) in [5.74, 6) is -0.171. The molecule has 1 aromatic heterocycles. The third-order valence-electron chi connectivity index (χ3n) is 3.19.